The second kappa shape index (κ2) is 4.95. The molecule has 0 saturated heterocycles. The molecule has 0 amide bonds. The number of nitriles is 1. The third-order valence-corrected chi connectivity index (χ3v) is 2.74. The van der Waals surface area contributed by atoms with Gasteiger partial charge in [-0.1, -0.05) is 0 Å². The molecule has 13 heavy (non-hydrogen) atoms. The van der Waals surface area contributed by atoms with Crippen LogP contribution in [0, 0.1) is 24.2 Å². The number of aromatic nitrogens is 1. The van der Waals surface area contributed by atoms with Crippen LogP contribution in [0.3, 0.4) is 0 Å². The summed E-state index contributed by atoms with van der Waals surface area (Å²) in [7, 11) is 0. The van der Waals surface area contributed by atoms with Gasteiger partial charge in [-0.15, -0.1) is 11.3 Å². The Morgan fingerprint density at radius 2 is 2.54 bits per heavy atom. The van der Waals surface area contributed by atoms with E-state index >= 15 is 0 Å². The number of nitrogens with one attached hydrogen (secondary N) is 1. The van der Waals surface area contributed by atoms with Crippen LogP contribution < -0.4 is 5.32 Å². The second-order valence-corrected chi connectivity index (χ2v) is 3.96. The first-order valence-corrected chi connectivity index (χ1v) is 5.11. The van der Waals surface area contributed by atoms with Gasteiger partial charge in [-0.05, 0) is 13.8 Å². The molecule has 0 saturated carbocycles. The van der Waals surface area contributed by atoms with Gasteiger partial charge in [0.15, 0.2) is 0 Å². The topological polar surface area (TPSA) is 48.7 Å². The summed E-state index contributed by atoms with van der Waals surface area (Å²) >= 11 is 1.65. The molecule has 1 atom stereocenters. The average Bonchev–Trinajstić information content (AvgIpc) is 2.52. The van der Waals surface area contributed by atoms with E-state index in [0.717, 1.165) is 18.8 Å². The van der Waals surface area contributed by atoms with Gasteiger partial charge < -0.3 is 5.32 Å². The van der Waals surface area contributed by atoms with Crippen molar-refractivity contribution in [1.29, 1.82) is 5.26 Å². The Bertz CT molecular complexity index is 300. The van der Waals surface area contributed by atoms with Crippen molar-refractivity contribution in [2.45, 2.75) is 20.4 Å². The van der Waals surface area contributed by atoms with Gasteiger partial charge in [0, 0.05) is 18.0 Å². The third-order valence-electron chi connectivity index (χ3n) is 1.80. The summed E-state index contributed by atoms with van der Waals surface area (Å²) in [6.07, 6.45) is 0. The highest BCUT2D eigenvalue weighted by Gasteiger charge is 2.02. The standard InChI is InChI=1S/C9H13N3S/c1-7(3-10)4-11-5-9-8(2)12-6-13-9/h6-7,11H,4-5H2,1-2H3. The van der Waals surface area contributed by atoms with Crippen LogP contribution >= 0.6 is 11.3 Å². The van der Waals surface area contributed by atoms with E-state index in [1.54, 1.807) is 11.3 Å². The number of hydrogen-bond donors (Lipinski definition) is 1. The van der Waals surface area contributed by atoms with Crippen molar-refractivity contribution in [3.05, 3.63) is 16.1 Å². The molecule has 0 spiro atoms. The molecule has 1 N–H and O–H groups in total. The van der Waals surface area contributed by atoms with Crippen LogP contribution in [0.5, 0.6) is 0 Å². The number of hydrogen-bond acceptors (Lipinski definition) is 4. The SMILES string of the molecule is Cc1ncsc1CNCC(C)C#N. The van der Waals surface area contributed by atoms with E-state index in [9.17, 15) is 0 Å². The summed E-state index contributed by atoms with van der Waals surface area (Å²) < 4.78 is 0. The fourth-order valence-electron chi connectivity index (χ4n) is 0.944. The van der Waals surface area contributed by atoms with Crippen molar-refractivity contribution in [2.24, 2.45) is 5.92 Å². The van der Waals surface area contributed by atoms with Crippen molar-refractivity contribution in [2.75, 3.05) is 6.54 Å². The fourth-order valence-corrected chi connectivity index (χ4v) is 1.69. The predicted molar refractivity (Wildman–Crippen MR) is 53.3 cm³/mol. The maximum absolute atomic E-state index is 8.55. The second-order valence-electron chi connectivity index (χ2n) is 3.02. The lowest BCUT2D eigenvalue weighted by atomic mass is 10.2. The van der Waals surface area contributed by atoms with Gasteiger partial charge in [-0.3, -0.25) is 0 Å². The van der Waals surface area contributed by atoms with Gasteiger partial charge in [-0.25, -0.2) is 4.98 Å². The zero-order valence-corrected chi connectivity index (χ0v) is 8.69. The Labute approximate surface area is 82.4 Å². The van der Waals surface area contributed by atoms with E-state index in [1.807, 2.05) is 19.4 Å². The molecule has 1 aromatic rings. The highest BCUT2D eigenvalue weighted by Crippen LogP contribution is 2.11. The number of nitrogens with zero attached hydrogens (tertiary/aromatic N) is 2. The van der Waals surface area contributed by atoms with E-state index in [4.69, 9.17) is 5.26 Å². The lowest BCUT2D eigenvalue weighted by Crippen LogP contribution is -2.19. The van der Waals surface area contributed by atoms with Gasteiger partial charge in [-0.2, -0.15) is 5.26 Å². The van der Waals surface area contributed by atoms with E-state index in [-0.39, 0.29) is 5.92 Å². The smallest absolute Gasteiger partial charge is 0.0798 e. The van der Waals surface area contributed by atoms with Gasteiger partial charge in [0.25, 0.3) is 0 Å². The van der Waals surface area contributed by atoms with Crippen molar-refractivity contribution >= 4 is 11.3 Å². The van der Waals surface area contributed by atoms with Crippen LogP contribution in [0.15, 0.2) is 5.51 Å². The molecule has 0 radical (unpaired) electrons. The lowest BCUT2D eigenvalue weighted by molar-refractivity contribution is 0.604. The van der Waals surface area contributed by atoms with Crippen LogP contribution in [0.1, 0.15) is 17.5 Å². The van der Waals surface area contributed by atoms with Crippen LogP contribution in [0.2, 0.25) is 0 Å². The number of rotatable bonds is 4. The van der Waals surface area contributed by atoms with Gasteiger partial charge in [0.2, 0.25) is 0 Å². The molecular weight excluding hydrogens is 182 g/mol. The third kappa shape index (κ3) is 3.13. The normalized spacial score (nSPS) is 12.4. The molecule has 0 aliphatic carbocycles. The number of aryl methyl sites for hydroxylation is 1. The molecule has 1 aromatic heterocycles. The fraction of sp³-hybridized carbons (Fsp3) is 0.556. The zero-order valence-electron chi connectivity index (χ0n) is 7.87. The summed E-state index contributed by atoms with van der Waals surface area (Å²) in [5.41, 5.74) is 2.93. The predicted octanol–water partition coefficient (Wildman–Crippen LogP) is 1.70. The molecule has 0 aliphatic heterocycles. The Balaban J connectivity index is 2.29. The Morgan fingerprint density at radius 1 is 1.77 bits per heavy atom. The van der Waals surface area contributed by atoms with Crippen LogP contribution in [-0.4, -0.2) is 11.5 Å². The van der Waals surface area contributed by atoms with E-state index < -0.39 is 0 Å². The zero-order chi connectivity index (χ0) is 9.68. The largest absolute Gasteiger partial charge is 0.310 e. The maximum atomic E-state index is 8.55. The van der Waals surface area contributed by atoms with Gasteiger partial charge >= 0.3 is 0 Å². The van der Waals surface area contributed by atoms with Crippen LogP contribution in [0.4, 0.5) is 0 Å². The van der Waals surface area contributed by atoms with Gasteiger partial charge in [0.05, 0.1) is 23.2 Å². The molecule has 0 bridgehead atoms. The van der Waals surface area contributed by atoms with Crippen LogP contribution in [0.25, 0.3) is 0 Å². The summed E-state index contributed by atoms with van der Waals surface area (Å²) in [5, 5.41) is 11.8. The molecule has 70 valence electrons. The molecule has 1 rings (SSSR count). The van der Waals surface area contributed by atoms with E-state index in [1.165, 1.54) is 4.88 Å². The summed E-state index contributed by atoms with van der Waals surface area (Å²) in [6.45, 7) is 5.48. The van der Waals surface area contributed by atoms with Crippen molar-refractivity contribution < 1.29 is 0 Å². The Kier molecular flexibility index (Phi) is 3.87. The first-order valence-electron chi connectivity index (χ1n) is 4.23. The average molecular weight is 195 g/mol. The summed E-state index contributed by atoms with van der Waals surface area (Å²) in [6, 6.07) is 2.18. The molecule has 0 aliphatic rings. The van der Waals surface area contributed by atoms with Crippen molar-refractivity contribution in [3.8, 4) is 6.07 Å². The van der Waals surface area contributed by atoms with Crippen LogP contribution in [-0.2, 0) is 6.54 Å². The van der Waals surface area contributed by atoms with E-state index in [2.05, 4.69) is 16.4 Å². The minimum Gasteiger partial charge on any atom is -0.310 e. The molecule has 3 nitrogen and oxygen atoms in total. The Hall–Kier alpha value is -0.920. The number of thiazole rings is 1. The minimum absolute atomic E-state index is 0.0771. The molecule has 0 aromatic carbocycles. The summed E-state index contributed by atoms with van der Waals surface area (Å²) in [4.78, 5) is 5.40. The molecular formula is C9H13N3S. The quantitative estimate of drug-likeness (QED) is 0.795. The summed E-state index contributed by atoms with van der Waals surface area (Å²) in [5.74, 6) is 0.0771. The lowest BCUT2D eigenvalue weighted by Gasteiger charge is -2.03. The molecule has 0 fully saturated rings. The first kappa shape index (κ1) is 10.2. The van der Waals surface area contributed by atoms with Crippen molar-refractivity contribution in [1.82, 2.24) is 10.3 Å². The maximum Gasteiger partial charge on any atom is 0.0798 e. The highest BCUT2D eigenvalue weighted by atomic mass is 32.1. The van der Waals surface area contributed by atoms with Crippen molar-refractivity contribution in [3.63, 3.8) is 0 Å². The first-order chi connectivity index (χ1) is 6.24. The highest BCUT2D eigenvalue weighted by molar-refractivity contribution is 7.09. The molecule has 4 heteroatoms. The molecule has 1 heterocycles. The monoisotopic (exact) mass is 195 g/mol. The van der Waals surface area contributed by atoms with Gasteiger partial charge in [0.1, 0.15) is 0 Å². The van der Waals surface area contributed by atoms with E-state index in [0.29, 0.717) is 0 Å². The minimum atomic E-state index is 0.0771. The molecule has 1 unspecified atom stereocenters. The Morgan fingerprint density at radius 3 is 3.08 bits per heavy atom.